The molecule has 0 spiro atoms. The minimum absolute atomic E-state index is 0.0762. The molecule has 3 heterocycles. The maximum Gasteiger partial charge on any atom is 0.471 e. The molecule has 3 unspecified atom stereocenters. The van der Waals surface area contributed by atoms with E-state index >= 15 is 0 Å². The van der Waals surface area contributed by atoms with Crippen LogP contribution in [0.1, 0.15) is 28.9 Å². The summed E-state index contributed by atoms with van der Waals surface area (Å²) in [6.45, 7) is 0. The van der Waals surface area contributed by atoms with Crippen LogP contribution in [0.5, 0.6) is 0 Å². The summed E-state index contributed by atoms with van der Waals surface area (Å²) in [5.41, 5.74) is 0.0762. The number of amides is 2. The minimum atomic E-state index is -4.96. The molecule has 29 heavy (non-hydrogen) atoms. The SMILES string of the molecule is O=C(NC1CC2CCC1N2)c1ccc(Sc2ccccc2NC(=O)C(F)(F)F)s1. The average Bonchev–Trinajstić information content (AvgIpc) is 3.39. The number of rotatable bonds is 5. The second kappa shape index (κ2) is 8.00. The van der Waals surface area contributed by atoms with Crippen LogP contribution >= 0.6 is 23.1 Å². The van der Waals surface area contributed by atoms with Crippen molar-refractivity contribution in [3.8, 4) is 0 Å². The number of hydrogen-bond donors (Lipinski definition) is 3. The standard InChI is InChI=1S/C19H18F3N3O2S2/c20-19(21,22)18(27)25-12-3-1-2-4-14(12)28-16-8-7-15(29-16)17(26)24-13-9-10-5-6-11(13)23-10/h1-4,7-8,10-11,13,23H,5-6,9H2,(H,24,26)(H,25,27). The summed E-state index contributed by atoms with van der Waals surface area (Å²) >= 11 is 2.47. The van der Waals surface area contributed by atoms with Gasteiger partial charge < -0.3 is 16.0 Å². The van der Waals surface area contributed by atoms with Crippen molar-refractivity contribution in [1.29, 1.82) is 0 Å². The Balaban J connectivity index is 1.41. The van der Waals surface area contributed by atoms with Crippen LogP contribution in [0.2, 0.25) is 0 Å². The van der Waals surface area contributed by atoms with E-state index in [0.29, 0.717) is 21.9 Å². The molecule has 3 atom stereocenters. The van der Waals surface area contributed by atoms with Crippen molar-refractivity contribution in [3.63, 3.8) is 0 Å². The molecule has 10 heteroatoms. The topological polar surface area (TPSA) is 70.2 Å². The number of hydrogen-bond acceptors (Lipinski definition) is 5. The Bertz CT molecular complexity index is 931. The van der Waals surface area contributed by atoms with E-state index in [1.807, 2.05) is 5.32 Å². The van der Waals surface area contributed by atoms with Gasteiger partial charge in [0.2, 0.25) is 0 Å². The number of nitrogens with one attached hydrogen (secondary N) is 3. The maximum absolute atomic E-state index is 12.5. The summed E-state index contributed by atoms with van der Waals surface area (Å²) in [7, 11) is 0. The van der Waals surface area contributed by atoms with Gasteiger partial charge in [0, 0.05) is 23.0 Å². The summed E-state index contributed by atoms with van der Waals surface area (Å²) in [6, 6.07) is 10.7. The Morgan fingerprint density at radius 2 is 1.93 bits per heavy atom. The molecule has 3 N–H and O–H groups in total. The third kappa shape index (κ3) is 4.59. The summed E-state index contributed by atoms with van der Waals surface area (Å²) in [5, 5.41) is 8.45. The number of thiophene rings is 1. The van der Waals surface area contributed by atoms with Crippen LogP contribution in [0, 0.1) is 0 Å². The molecule has 2 fully saturated rings. The van der Waals surface area contributed by atoms with Crippen LogP contribution in [-0.2, 0) is 4.79 Å². The van der Waals surface area contributed by atoms with E-state index in [1.165, 1.54) is 29.2 Å². The zero-order chi connectivity index (χ0) is 20.6. The zero-order valence-electron chi connectivity index (χ0n) is 15.1. The van der Waals surface area contributed by atoms with Crippen LogP contribution in [0.15, 0.2) is 45.5 Å². The highest BCUT2D eigenvalue weighted by atomic mass is 32.2. The number of carbonyl (C=O) groups excluding carboxylic acids is 2. The molecule has 154 valence electrons. The van der Waals surface area contributed by atoms with Crippen molar-refractivity contribution >= 4 is 40.6 Å². The Morgan fingerprint density at radius 1 is 1.14 bits per heavy atom. The summed E-state index contributed by atoms with van der Waals surface area (Å²) in [4.78, 5) is 24.8. The van der Waals surface area contributed by atoms with Gasteiger partial charge in [-0.1, -0.05) is 23.9 Å². The van der Waals surface area contributed by atoms with Gasteiger partial charge in [-0.3, -0.25) is 9.59 Å². The van der Waals surface area contributed by atoms with Gasteiger partial charge >= 0.3 is 12.1 Å². The van der Waals surface area contributed by atoms with Crippen molar-refractivity contribution in [2.75, 3.05) is 5.32 Å². The first-order valence-electron chi connectivity index (χ1n) is 9.11. The molecule has 5 nitrogen and oxygen atoms in total. The molecule has 2 aliphatic rings. The van der Waals surface area contributed by atoms with Crippen molar-refractivity contribution in [1.82, 2.24) is 10.6 Å². The lowest BCUT2D eigenvalue weighted by Gasteiger charge is -2.20. The predicted molar refractivity (Wildman–Crippen MR) is 105 cm³/mol. The van der Waals surface area contributed by atoms with Crippen molar-refractivity contribution in [2.24, 2.45) is 0 Å². The molecule has 4 rings (SSSR count). The lowest BCUT2D eigenvalue weighted by atomic mass is 9.95. The molecule has 2 bridgehead atoms. The molecule has 0 radical (unpaired) electrons. The fourth-order valence-corrected chi connectivity index (χ4v) is 5.76. The van der Waals surface area contributed by atoms with E-state index in [0.717, 1.165) is 23.5 Å². The number of anilines is 1. The van der Waals surface area contributed by atoms with E-state index < -0.39 is 12.1 Å². The van der Waals surface area contributed by atoms with Crippen molar-refractivity contribution < 1.29 is 22.8 Å². The number of carbonyl (C=O) groups is 2. The van der Waals surface area contributed by atoms with Gasteiger partial charge in [-0.25, -0.2) is 0 Å². The fraction of sp³-hybridized carbons (Fsp3) is 0.368. The molecule has 0 aliphatic carbocycles. The third-order valence-corrected chi connectivity index (χ3v) is 7.32. The number of alkyl halides is 3. The molecule has 2 aromatic rings. The first-order valence-corrected chi connectivity index (χ1v) is 10.7. The Hall–Kier alpha value is -2.04. The lowest BCUT2D eigenvalue weighted by molar-refractivity contribution is -0.167. The molecular formula is C19H18F3N3O2S2. The van der Waals surface area contributed by atoms with Crippen molar-refractivity contribution in [2.45, 2.75) is 52.7 Å². The molecule has 2 saturated heterocycles. The van der Waals surface area contributed by atoms with E-state index in [1.54, 1.807) is 30.3 Å². The van der Waals surface area contributed by atoms with Gasteiger partial charge in [-0.2, -0.15) is 13.2 Å². The van der Waals surface area contributed by atoms with Crippen LogP contribution < -0.4 is 16.0 Å². The number of benzene rings is 1. The van der Waals surface area contributed by atoms with Gasteiger partial charge in [0.25, 0.3) is 5.91 Å². The fourth-order valence-electron chi connectivity index (χ4n) is 3.68. The van der Waals surface area contributed by atoms with E-state index in [2.05, 4.69) is 10.6 Å². The van der Waals surface area contributed by atoms with Gasteiger partial charge in [0.05, 0.1) is 14.8 Å². The highest BCUT2D eigenvalue weighted by molar-refractivity contribution is 8.01. The Labute approximate surface area is 173 Å². The highest BCUT2D eigenvalue weighted by Crippen LogP contribution is 2.38. The molecule has 1 aromatic carbocycles. The normalized spacial score (nSPS) is 23.2. The van der Waals surface area contributed by atoms with Gasteiger partial charge in [0.1, 0.15) is 0 Å². The second-order valence-corrected chi connectivity index (χ2v) is 9.46. The van der Waals surface area contributed by atoms with E-state index in [9.17, 15) is 22.8 Å². The Kier molecular flexibility index (Phi) is 5.58. The number of halogens is 3. The first kappa shape index (κ1) is 20.2. The average molecular weight is 442 g/mol. The van der Waals surface area contributed by atoms with Gasteiger partial charge in [-0.05, 0) is 43.5 Å². The van der Waals surface area contributed by atoms with Crippen LogP contribution in [0.25, 0.3) is 0 Å². The second-order valence-electron chi connectivity index (χ2n) is 7.03. The van der Waals surface area contributed by atoms with Crippen molar-refractivity contribution in [3.05, 3.63) is 41.3 Å². The summed E-state index contributed by atoms with van der Waals surface area (Å²) in [5.74, 6) is -2.16. The molecule has 2 amide bonds. The monoisotopic (exact) mass is 441 g/mol. The molecular weight excluding hydrogens is 423 g/mol. The highest BCUT2D eigenvalue weighted by Gasteiger charge is 2.40. The summed E-state index contributed by atoms with van der Waals surface area (Å²) in [6.07, 6.45) is -1.79. The summed E-state index contributed by atoms with van der Waals surface area (Å²) < 4.78 is 38.4. The number of para-hydroxylation sites is 1. The largest absolute Gasteiger partial charge is 0.471 e. The van der Waals surface area contributed by atoms with Crippen LogP contribution in [0.4, 0.5) is 18.9 Å². The smallest absolute Gasteiger partial charge is 0.347 e. The maximum atomic E-state index is 12.5. The first-order chi connectivity index (χ1) is 13.8. The zero-order valence-corrected chi connectivity index (χ0v) is 16.7. The van der Waals surface area contributed by atoms with Gasteiger partial charge in [-0.15, -0.1) is 11.3 Å². The van der Waals surface area contributed by atoms with E-state index in [4.69, 9.17) is 0 Å². The van der Waals surface area contributed by atoms with Crippen LogP contribution in [-0.4, -0.2) is 36.1 Å². The molecule has 0 saturated carbocycles. The van der Waals surface area contributed by atoms with Gasteiger partial charge in [0.15, 0.2) is 0 Å². The lowest BCUT2D eigenvalue weighted by Crippen LogP contribution is -2.42. The molecule has 2 aliphatic heterocycles. The third-order valence-electron chi connectivity index (χ3n) is 5.02. The number of fused-ring (bicyclic) bond motifs is 2. The van der Waals surface area contributed by atoms with E-state index in [-0.39, 0.29) is 17.6 Å². The predicted octanol–water partition coefficient (Wildman–Crippen LogP) is 4.02. The Morgan fingerprint density at radius 3 is 2.62 bits per heavy atom. The van der Waals surface area contributed by atoms with Crippen LogP contribution in [0.3, 0.4) is 0 Å². The molecule has 1 aromatic heterocycles. The quantitative estimate of drug-likeness (QED) is 0.656. The minimum Gasteiger partial charge on any atom is -0.347 e.